The Balaban J connectivity index is 1.57. The zero-order valence-corrected chi connectivity index (χ0v) is 13.9. The Labute approximate surface area is 148 Å². The van der Waals surface area contributed by atoms with Crippen molar-refractivity contribution >= 4 is 22.9 Å². The van der Waals surface area contributed by atoms with Gasteiger partial charge in [-0.2, -0.15) is 11.3 Å². The number of hydrogen-bond donors (Lipinski definition) is 1. The van der Waals surface area contributed by atoms with Gasteiger partial charge in [0, 0.05) is 11.3 Å². The topological polar surface area (TPSA) is 68.0 Å². The Kier molecular flexibility index (Phi) is 4.10. The van der Waals surface area contributed by atoms with Gasteiger partial charge in [0.2, 0.25) is 5.89 Å². The van der Waals surface area contributed by atoms with Crippen molar-refractivity contribution in [3.05, 3.63) is 77.3 Å². The molecule has 25 heavy (non-hydrogen) atoms. The number of amides is 1. The van der Waals surface area contributed by atoms with E-state index in [0.717, 1.165) is 16.7 Å². The molecule has 0 saturated heterocycles. The van der Waals surface area contributed by atoms with Gasteiger partial charge in [-0.15, -0.1) is 10.2 Å². The molecule has 1 amide bonds. The molecule has 0 unspecified atom stereocenters. The number of aromatic nitrogens is 2. The number of nitrogens with one attached hydrogen (secondary N) is 1. The number of hydrogen-bond acceptors (Lipinski definition) is 5. The Bertz CT molecular complexity index is 994. The van der Waals surface area contributed by atoms with Crippen molar-refractivity contribution in [1.29, 1.82) is 0 Å². The number of carbonyl (C=O) groups is 1. The molecule has 0 aliphatic heterocycles. The van der Waals surface area contributed by atoms with Gasteiger partial charge in [0.15, 0.2) is 0 Å². The first kappa shape index (κ1) is 15.3. The average molecular weight is 347 g/mol. The molecular formula is C19H13N3O2S. The minimum Gasteiger partial charge on any atom is -0.412 e. The van der Waals surface area contributed by atoms with E-state index in [0.29, 0.717) is 11.6 Å². The van der Waals surface area contributed by atoms with E-state index < -0.39 is 5.91 Å². The van der Waals surface area contributed by atoms with Crippen LogP contribution in [0.2, 0.25) is 0 Å². The van der Waals surface area contributed by atoms with Crippen LogP contribution in [0, 0.1) is 0 Å². The molecule has 0 bridgehead atoms. The number of benzene rings is 2. The molecule has 0 aliphatic carbocycles. The van der Waals surface area contributed by atoms with Crippen LogP contribution in [0.4, 0.5) is 5.69 Å². The van der Waals surface area contributed by atoms with Crippen LogP contribution < -0.4 is 5.32 Å². The SMILES string of the molecule is O=C(Nc1ccccc1)c1nnc(-c2cccc(-c3ccsc3)c2)o1. The average Bonchev–Trinajstić information content (AvgIpc) is 3.35. The van der Waals surface area contributed by atoms with E-state index in [4.69, 9.17) is 4.42 Å². The molecule has 6 heteroatoms. The summed E-state index contributed by atoms with van der Waals surface area (Å²) in [6.07, 6.45) is 0. The summed E-state index contributed by atoms with van der Waals surface area (Å²) in [5.74, 6) is -0.186. The lowest BCUT2D eigenvalue weighted by atomic mass is 10.1. The molecule has 2 aromatic carbocycles. The summed E-state index contributed by atoms with van der Waals surface area (Å²) in [5.41, 5.74) is 3.64. The molecule has 0 fully saturated rings. The third-order valence-corrected chi connectivity index (χ3v) is 4.30. The molecule has 122 valence electrons. The zero-order valence-electron chi connectivity index (χ0n) is 13.0. The van der Waals surface area contributed by atoms with E-state index in [-0.39, 0.29) is 5.89 Å². The van der Waals surface area contributed by atoms with Crippen LogP contribution in [0.25, 0.3) is 22.6 Å². The summed E-state index contributed by atoms with van der Waals surface area (Å²) < 4.78 is 5.54. The minimum absolute atomic E-state index is 0.0696. The normalized spacial score (nSPS) is 10.6. The summed E-state index contributed by atoms with van der Waals surface area (Å²) in [7, 11) is 0. The highest BCUT2D eigenvalue weighted by molar-refractivity contribution is 7.08. The van der Waals surface area contributed by atoms with E-state index >= 15 is 0 Å². The summed E-state index contributed by atoms with van der Waals surface area (Å²) in [6, 6.07) is 19.0. The lowest BCUT2D eigenvalue weighted by Gasteiger charge is -2.01. The van der Waals surface area contributed by atoms with Crippen LogP contribution in [0.1, 0.15) is 10.7 Å². The fraction of sp³-hybridized carbons (Fsp3) is 0. The molecule has 0 spiro atoms. The van der Waals surface area contributed by atoms with E-state index in [2.05, 4.69) is 27.0 Å². The molecule has 5 nitrogen and oxygen atoms in total. The standard InChI is InChI=1S/C19H13N3O2S/c23-17(20-16-7-2-1-3-8-16)19-22-21-18(24-19)14-6-4-5-13(11-14)15-9-10-25-12-15/h1-12H,(H,20,23). The highest BCUT2D eigenvalue weighted by Crippen LogP contribution is 2.27. The molecule has 0 radical (unpaired) electrons. The quantitative estimate of drug-likeness (QED) is 0.580. The van der Waals surface area contributed by atoms with Crippen molar-refractivity contribution in [2.24, 2.45) is 0 Å². The van der Waals surface area contributed by atoms with Gasteiger partial charge in [-0.05, 0) is 52.2 Å². The highest BCUT2D eigenvalue weighted by atomic mass is 32.1. The van der Waals surface area contributed by atoms with Gasteiger partial charge in [-0.1, -0.05) is 30.3 Å². The Morgan fingerprint density at radius 2 is 1.76 bits per heavy atom. The molecule has 0 aliphatic rings. The van der Waals surface area contributed by atoms with Gasteiger partial charge in [0.1, 0.15) is 0 Å². The van der Waals surface area contributed by atoms with Crippen LogP contribution in [0.15, 0.2) is 75.8 Å². The largest absolute Gasteiger partial charge is 0.412 e. The van der Waals surface area contributed by atoms with Crippen molar-refractivity contribution in [3.8, 4) is 22.6 Å². The van der Waals surface area contributed by atoms with Gasteiger partial charge in [0.05, 0.1) is 0 Å². The maximum Gasteiger partial charge on any atom is 0.313 e. The molecule has 2 aromatic heterocycles. The molecule has 1 N–H and O–H groups in total. The highest BCUT2D eigenvalue weighted by Gasteiger charge is 2.16. The lowest BCUT2D eigenvalue weighted by molar-refractivity contribution is 0.0991. The molecule has 2 heterocycles. The fourth-order valence-electron chi connectivity index (χ4n) is 2.40. The zero-order chi connectivity index (χ0) is 17.1. The van der Waals surface area contributed by atoms with Crippen molar-refractivity contribution in [2.75, 3.05) is 5.32 Å². The smallest absolute Gasteiger partial charge is 0.313 e. The number of anilines is 1. The monoisotopic (exact) mass is 347 g/mol. The summed E-state index contributed by atoms with van der Waals surface area (Å²) >= 11 is 1.64. The van der Waals surface area contributed by atoms with Crippen LogP contribution in [0.3, 0.4) is 0 Å². The van der Waals surface area contributed by atoms with Gasteiger partial charge >= 0.3 is 11.8 Å². The third kappa shape index (κ3) is 3.34. The second kappa shape index (κ2) is 6.70. The van der Waals surface area contributed by atoms with Crippen LogP contribution >= 0.6 is 11.3 Å². The van der Waals surface area contributed by atoms with Gasteiger partial charge in [-0.25, -0.2) is 0 Å². The van der Waals surface area contributed by atoms with E-state index in [1.807, 2.05) is 47.8 Å². The predicted octanol–water partition coefficient (Wildman–Crippen LogP) is 4.72. The van der Waals surface area contributed by atoms with E-state index in [9.17, 15) is 4.79 Å². The second-order valence-electron chi connectivity index (χ2n) is 5.33. The second-order valence-corrected chi connectivity index (χ2v) is 6.11. The van der Waals surface area contributed by atoms with Gasteiger partial charge < -0.3 is 9.73 Å². The summed E-state index contributed by atoms with van der Waals surface area (Å²) in [6.45, 7) is 0. The van der Waals surface area contributed by atoms with Crippen molar-refractivity contribution < 1.29 is 9.21 Å². The fourth-order valence-corrected chi connectivity index (χ4v) is 3.06. The van der Waals surface area contributed by atoms with Crippen LogP contribution in [0.5, 0.6) is 0 Å². The first-order chi connectivity index (χ1) is 12.3. The van der Waals surface area contributed by atoms with Gasteiger partial charge in [-0.3, -0.25) is 4.79 Å². The number of thiophene rings is 1. The van der Waals surface area contributed by atoms with Crippen LogP contribution in [-0.2, 0) is 0 Å². The van der Waals surface area contributed by atoms with E-state index in [1.165, 1.54) is 0 Å². The molecule has 4 rings (SSSR count). The van der Waals surface area contributed by atoms with Crippen molar-refractivity contribution in [1.82, 2.24) is 10.2 Å². The third-order valence-electron chi connectivity index (χ3n) is 3.61. The number of carbonyl (C=O) groups excluding carboxylic acids is 1. The molecule has 0 saturated carbocycles. The van der Waals surface area contributed by atoms with Gasteiger partial charge in [0.25, 0.3) is 0 Å². The Morgan fingerprint density at radius 3 is 2.56 bits per heavy atom. The molecule has 4 aromatic rings. The number of nitrogens with zero attached hydrogens (tertiary/aromatic N) is 2. The molecular weight excluding hydrogens is 334 g/mol. The maximum atomic E-state index is 12.2. The van der Waals surface area contributed by atoms with Crippen molar-refractivity contribution in [3.63, 3.8) is 0 Å². The van der Waals surface area contributed by atoms with E-state index in [1.54, 1.807) is 23.5 Å². The number of para-hydroxylation sites is 1. The van der Waals surface area contributed by atoms with Crippen molar-refractivity contribution in [2.45, 2.75) is 0 Å². The number of rotatable bonds is 4. The Hall–Kier alpha value is -3.25. The molecule has 0 atom stereocenters. The summed E-state index contributed by atoms with van der Waals surface area (Å²) in [5, 5.41) is 14.7. The summed E-state index contributed by atoms with van der Waals surface area (Å²) in [4.78, 5) is 12.2. The lowest BCUT2D eigenvalue weighted by Crippen LogP contribution is -2.12. The Morgan fingerprint density at radius 1 is 0.920 bits per heavy atom. The predicted molar refractivity (Wildman–Crippen MR) is 97.4 cm³/mol. The first-order valence-corrected chi connectivity index (χ1v) is 8.57. The van der Waals surface area contributed by atoms with Crippen LogP contribution in [-0.4, -0.2) is 16.1 Å². The maximum absolute atomic E-state index is 12.2. The first-order valence-electron chi connectivity index (χ1n) is 7.62. The minimum atomic E-state index is -0.432.